The first kappa shape index (κ1) is 12.1. The number of nitrogens with one attached hydrogen (secondary N) is 2. The standard InChI is InChI=1S/C11H12ClN3OS/c1-2-5-13-10(16)15-11-14-8-4-3-7(12)6-9(8)17-11/h3-4,6H,2,5H2,1H3,(H2,13,14,15,16). The summed E-state index contributed by atoms with van der Waals surface area (Å²) in [6, 6.07) is 5.23. The number of amides is 2. The number of halogens is 1. The van der Waals surface area contributed by atoms with Gasteiger partial charge >= 0.3 is 6.03 Å². The van der Waals surface area contributed by atoms with Crippen molar-refractivity contribution in [1.29, 1.82) is 0 Å². The van der Waals surface area contributed by atoms with Gasteiger partial charge in [0.1, 0.15) is 0 Å². The maximum absolute atomic E-state index is 11.4. The van der Waals surface area contributed by atoms with Crippen molar-refractivity contribution in [2.75, 3.05) is 11.9 Å². The quantitative estimate of drug-likeness (QED) is 0.896. The van der Waals surface area contributed by atoms with Gasteiger partial charge in [-0.05, 0) is 24.6 Å². The fraction of sp³-hybridized carbons (Fsp3) is 0.273. The largest absolute Gasteiger partial charge is 0.338 e. The molecule has 2 rings (SSSR count). The summed E-state index contributed by atoms with van der Waals surface area (Å²) in [6.45, 7) is 2.66. The van der Waals surface area contributed by atoms with Crippen LogP contribution in [0.15, 0.2) is 18.2 Å². The number of benzene rings is 1. The third kappa shape index (κ3) is 3.08. The van der Waals surface area contributed by atoms with E-state index in [1.807, 2.05) is 19.1 Å². The summed E-state index contributed by atoms with van der Waals surface area (Å²) in [4.78, 5) is 15.7. The Kier molecular flexibility index (Phi) is 3.81. The normalized spacial score (nSPS) is 10.5. The highest BCUT2D eigenvalue weighted by Crippen LogP contribution is 2.28. The van der Waals surface area contributed by atoms with Gasteiger partial charge in [0.2, 0.25) is 0 Å². The van der Waals surface area contributed by atoms with Gasteiger partial charge in [-0.25, -0.2) is 9.78 Å². The van der Waals surface area contributed by atoms with Crippen molar-refractivity contribution in [3.05, 3.63) is 23.2 Å². The lowest BCUT2D eigenvalue weighted by Gasteiger charge is -2.02. The van der Waals surface area contributed by atoms with Gasteiger partial charge in [0.05, 0.1) is 10.2 Å². The van der Waals surface area contributed by atoms with E-state index >= 15 is 0 Å². The van der Waals surface area contributed by atoms with Gasteiger partial charge in [-0.3, -0.25) is 5.32 Å². The average Bonchev–Trinajstić information content (AvgIpc) is 2.67. The van der Waals surface area contributed by atoms with Crippen LogP contribution in [0.1, 0.15) is 13.3 Å². The van der Waals surface area contributed by atoms with E-state index in [-0.39, 0.29) is 6.03 Å². The zero-order valence-electron chi connectivity index (χ0n) is 9.29. The molecule has 0 saturated heterocycles. The number of rotatable bonds is 3. The highest BCUT2D eigenvalue weighted by Gasteiger charge is 2.07. The smallest absolute Gasteiger partial charge is 0.321 e. The lowest BCUT2D eigenvalue weighted by atomic mass is 10.3. The van der Waals surface area contributed by atoms with Crippen LogP contribution >= 0.6 is 22.9 Å². The molecule has 0 aliphatic carbocycles. The topological polar surface area (TPSA) is 54.0 Å². The molecular formula is C11H12ClN3OS. The number of hydrogen-bond acceptors (Lipinski definition) is 3. The van der Waals surface area contributed by atoms with Crippen molar-refractivity contribution in [3.8, 4) is 0 Å². The van der Waals surface area contributed by atoms with Crippen molar-refractivity contribution in [2.45, 2.75) is 13.3 Å². The molecular weight excluding hydrogens is 258 g/mol. The molecule has 0 radical (unpaired) electrons. The molecule has 17 heavy (non-hydrogen) atoms. The van der Waals surface area contributed by atoms with E-state index in [0.29, 0.717) is 16.7 Å². The van der Waals surface area contributed by atoms with E-state index in [2.05, 4.69) is 15.6 Å². The second-order valence-electron chi connectivity index (χ2n) is 3.51. The number of urea groups is 1. The summed E-state index contributed by atoms with van der Waals surface area (Å²) in [5, 5.41) is 6.68. The van der Waals surface area contributed by atoms with E-state index in [0.717, 1.165) is 16.6 Å². The molecule has 0 unspecified atom stereocenters. The molecule has 2 N–H and O–H groups in total. The van der Waals surface area contributed by atoms with Crippen molar-refractivity contribution >= 4 is 44.3 Å². The van der Waals surface area contributed by atoms with E-state index in [9.17, 15) is 4.79 Å². The van der Waals surface area contributed by atoms with Crippen molar-refractivity contribution in [3.63, 3.8) is 0 Å². The van der Waals surface area contributed by atoms with E-state index in [1.165, 1.54) is 11.3 Å². The molecule has 4 nitrogen and oxygen atoms in total. The maximum Gasteiger partial charge on any atom is 0.321 e. The molecule has 2 amide bonds. The summed E-state index contributed by atoms with van der Waals surface area (Å²) in [6.07, 6.45) is 0.906. The summed E-state index contributed by atoms with van der Waals surface area (Å²) < 4.78 is 0.961. The highest BCUT2D eigenvalue weighted by molar-refractivity contribution is 7.22. The Morgan fingerprint density at radius 1 is 1.53 bits per heavy atom. The molecule has 1 heterocycles. The predicted molar refractivity (Wildman–Crippen MR) is 71.9 cm³/mol. The van der Waals surface area contributed by atoms with Crippen molar-refractivity contribution in [2.24, 2.45) is 0 Å². The molecule has 1 aromatic heterocycles. The summed E-state index contributed by atoms with van der Waals surface area (Å²) in [5.74, 6) is 0. The fourth-order valence-corrected chi connectivity index (χ4v) is 2.47. The first-order valence-corrected chi connectivity index (χ1v) is 6.49. The number of aromatic nitrogens is 1. The Morgan fingerprint density at radius 3 is 3.12 bits per heavy atom. The second kappa shape index (κ2) is 5.33. The molecule has 0 atom stereocenters. The Bertz CT molecular complexity index is 540. The lowest BCUT2D eigenvalue weighted by Crippen LogP contribution is -2.29. The Balaban J connectivity index is 2.11. The second-order valence-corrected chi connectivity index (χ2v) is 4.98. The Hall–Kier alpha value is -1.33. The molecule has 1 aromatic carbocycles. The lowest BCUT2D eigenvalue weighted by molar-refractivity contribution is 0.252. The van der Waals surface area contributed by atoms with Crippen LogP contribution in [-0.4, -0.2) is 17.6 Å². The molecule has 0 spiro atoms. The van der Waals surface area contributed by atoms with Crippen LogP contribution in [0.5, 0.6) is 0 Å². The van der Waals surface area contributed by atoms with E-state index in [4.69, 9.17) is 11.6 Å². The SMILES string of the molecule is CCCNC(=O)Nc1nc2ccc(Cl)cc2s1. The molecule has 6 heteroatoms. The number of carbonyl (C=O) groups excluding carboxylic acids is 1. The summed E-state index contributed by atoms with van der Waals surface area (Å²) >= 11 is 7.29. The van der Waals surface area contributed by atoms with Gasteiger partial charge in [0.25, 0.3) is 0 Å². The molecule has 0 fully saturated rings. The third-order valence-electron chi connectivity index (χ3n) is 2.11. The number of thiazole rings is 1. The van der Waals surface area contributed by atoms with Gasteiger partial charge in [0.15, 0.2) is 5.13 Å². The minimum Gasteiger partial charge on any atom is -0.338 e. The van der Waals surface area contributed by atoms with Crippen LogP contribution in [0.2, 0.25) is 5.02 Å². The molecule has 90 valence electrons. The van der Waals surface area contributed by atoms with Gasteiger partial charge in [-0.15, -0.1) is 0 Å². The van der Waals surface area contributed by atoms with E-state index in [1.54, 1.807) is 6.07 Å². The first-order chi connectivity index (χ1) is 8.19. The van der Waals surface area contributed by atoms with Crippen LogP contribution in [-0.2, 0) is 0 Å². The predicted octanol–water partition coefficient (Wildman–Crippen LogP) is 3.48. The fourth-order valence-electron chi connectivity index (χ4n) is 1.33. The molecule has 0 aliphatic rings. The molecule has 0 saturated carbocycles. The molecule has 2 aromatic rings. The van der Waals surface area contributed by atoms with Crippen LogP contribution in [0.3, 0.4) is 0 Å². The number of anilines is 1. The minimum atomic E-state index is -0.225. The highest BCUT2D eigenvalue weighted by atomic mass is 35.5. The Morgan fingerprint density at radius 2 is 2.35 bits per heavy atom. The van der Waals surface area contributed by atoms with Crippen LogP contribution in [0, 0.1) is 0 Å². The number of carbonyl (C=O) groups is 1. The monoisotopic (exact) mass is 269 g/mol. The number of fused-ring (bicyclic) bond motifs is 1. The van der Waals surface area contributed by atoms with E-state index < -0.39 is 0 Å². The molecule has 0 bridgehead atoms. The zero-order chi connectivity index (χ0) is 12.3. The van der Waals surface area contributed by atoms with Gasteiger partial charge < -0.3 is 5.32 Å². The molecule has 0 aliphatic heterocycles. The van der Waals surface area contributed by atoms with Gasteiger partial charge in [-0.1, -0.05) is 29.9 Å². The number of hydrogen-bond donors (Lipinski definition) is 2. The van der Waals surface area contributed by atoms with Crippen LogP contribution in [0.4, 0.5) is 9.93 Å². The van der Waals surface area contributed by atoms with Crippen LogP contribution in [0.25, 0.3) is 10.2 Å². The van der Waals surface area contributed by atoms with Crippen molar-refractivity contribution < 1.29 is 4.79 Å². The van der Waals surface area contributed by atoms with Gasteiger partial charge in [0, 0.05) is 11.6 Å². The summed E-state index contributed by atoms with van der Waals surface area (Å²) in [5.41, 5.74) is 0.838. The number of nitrogens with zero attached hydrogens (tertiary/aromatic N) is 1. The van der Waals surface area contributed by atoms with Gasteiger partial charge in [-0.2, -0.15) is 0 Å². The minimum absolute atomic E-state index is 0.225. The van der Waals surface area contributed by atoms with Crippen LogP contribution < -0.4 is 10.6 Å². The Labute approximate surface area is 108 Å². The third-order valence-corrected chi connectivity index (χ3v) is 3.28. The zero-order valence-corrected chi connectivity index (χ0v) is 10.9. The first-order valence-electron chi connectivity index (χ1n) is 5.30. The van der Waals surface area contributed by atoms with Crippen molar-refractivity contribution in [1.82, 2.24) is 10.3 Å². The summed E-state index contributed by atoms with van der Waals surface area (Å²) in [7, 11) is 0. The maximum atomic E-state index is 11.4. The average molecular weight is 270 g/mol.